The maximum atomic E-state index is 12.1. The molecule has 0 aromatic heterocycles. The first-order chi connectivity index (χ1) is 9.71. The van der Waals surface area contributed by atoms with Gasteiger partial charge < -0.3 is 10.2 Å². The van der Waals surface area contributed by atoms with Crippen LogP contribution in [0.3, 0.4) is 0 Å². The normalized spacial score (nSPS) is 10.9. The van der Waals surface area contributed by atoms with Crippen molar-refractivity contribution in [1.29, 1.82) is 0 Å². The van der Waals surface area contributed by atoms with Gasteiger partial charge in [0.15, 0.2) is 0 Å². The molecule has 106 valence electrons. The molecule has 0 atom stereocenters. The van der Waals surface area contributed by atoms with E-state index in [1.165, 1.54) is 0 Å². The summed E-state index contributed by atoms with van der Waals surface area (Å²) in [5.74, 6) is 1.01. The molecule has 3 nitrogen and oxygen atoms in total. The summed E-state index contributed by atoms with van der Waals surface area (Å²) in [5.41, 5.74) is 3.73. The molecule has 0 saturated heterocycles. The van der Waals surface area contributed by atoms with E-state index < -0.39 is 10.8 Å². The first kappa shape index (κ1) is 14.9. The molecule has 2 aromatic carbocycles. The molecule has 0 amide bonds. The lowest BCUT2D eigenvalue weighted by molar-refractivity contribution is 0.281. The topological polar surface area (TPSA) is 57.5 Å². The zero-order valence-corrected chi connectivity index (χ0v) is 12.0. The van der Waals surface area contributed by atoms with Crippen LogP contribution >= 0.6 is 0 Å². The maximum Gasteiger partial charge on any atom is 0.0681 e. The molecular weight excluding hydrogens is 272 g/mol. The van der Waals surface area contributed by atoms with Crippen molar-refractivity contribution in [2.45, 2.75) is 24.7 Å². The summed E-state index contributed by atoms with van der Waals surface area (Å²) in [5, 5.41) is 17.9. The number of hydrogen-bond donors (Lipinski definition) is 2. The molecule has 0 aliphatic heterocycles. The monoisotopic (exact) mass is 290 g/mol. The molecular formula is C16H18O3S. The van der Waals surface area contributed by atoms with Crippen LogP contribution < -0.4 is 0 Å². The molecule has 0 saturated carbocycles. The van der Waals surface area contributed by atoms with Gasteiger partial charge in [0, 0.05) is 22.3 Å². The fourth-order valence-corrected chi connectivity index (χ4v) is 3.14. The van der Waals surface area contributed by atoms with E-state index in [-0.39, 0.29) is 13.2 Å². The summed E-state index contributed by atoms with van der Waals surface area (Å²) in [6.07, 6.45) is 0. The quantitative estimate of drug-likeness (QED) is 0.857. The zero-order chi connectivity index (χ0) is 14.4. The van der Waals surface area contributed by atoms with E-state index >= 15 is 0 Å². The van der Waals surface area contributed by atoms with Gasteiger partial charge in [0.25, 0.3) is 0 Å². The molecule has 4 heteroatoms. The van der Waals surface area contributed by atoms with E-state index in [0.717, 1.165) is 22.3 Å². The SMILES string of the molecule is O=S(Cc1ccc(CO)cc1)Cc1ccc(CO)cc1. The van der Waals surface area contributed by atoms with Crippen LogP contribution in [0.2, 0.25) is 0 Å². The Bertz CT molecular complexity index is 510. The minimum Gasteiger partial charge on any atom is -0.392 e. The van der Waals surface area contributed by atoms with Crippen molar-refractivity contribution in [2.75, 3.05) is 0 Å². The van der Waals surface area contributed by atoms with Gasteiger partial charge in [0.1, 0.15) is 0 Å². The smallest absolute Gasteiger partial charge is 0.0681 e. The van der Waals surface area contributed by atoms with Crippen LogP contribution in [-0.2, 0) is 35.5 Å². The number of benzene rings is 2. The second-order valence-electron chi connectivity index (χ2n) is 4.68. The molecule has 0 radical (unpaired) electrons. The Kier molecular flexibility index (Phi) is 5.47. The number of rotatable bonds is 6. The molecule has 0 unspecified atom stereocenters. The predicted octanol–water partition coefficient (Wildman–Crippen LogP) is 2.12. The lowest BCUT2D eigenvalue weighted by Crippen LogP contribution is -2.00. The predicted molar refractivity (Wildman–Crippen MR) is 80.3 cm³/mol. The average Bonchev–Trinajstić information content (AvgIpc) is 2.49. The van der Waals surface area contributed by atoms with Crippen LogP contribution in [0.15, 0.2) is 48.5 Å². The van der Waals surface area contributed by atoms with E-state index in [1.54, 1.807) is 0 Å². The Hall–Kier alpha value is -1.49. The second kappa shape index (κ2) is 7.33. The van der Waals surface area contributed by atoms with Gasteiger partial charge in [-0.15, -0.1) is 0 Å². The average molecular weight is 290 g/mol. The molecule has 2 N–H and O–H groups in total. The Morgan fingerprint density at radius 1 is 0.650 bits per heavy atom. The Morgan fingerprint density at radius 3 is 1.25 bits per heavy atom. The molecule has 20 heavy (non-hydrogen) atoms. The molecule has 2 rings (SSSR count). The third-order valence-electron chi connectivity index (χ3n) is 3.07. The van der Waals surface area contributed by atoms with Crippen molar-refractivity contribution in [1.82, 2.24) is 0 Å². The van der Waals surface area contributed by atoms with Crippen LogP contribution in [-0.4, -0.2) is 14.4 Å². The minimum absolute atomic E-state index is 0.0283. The third kappa shape index (κ3) is 4.27. The van der Waals surface area contributed by atoms with Gasteiger partial charge in [0.2, 0.25) is 0 Å². The maximum absolute atomic E-state index is 12.1. The number of aliphatic hydroxyl groups is 2. The van der Waals surface area contributed by atoms with Crippen molar-refractivity contribution in [3.8, 4) is 0 Å². The van der Waals surface area contributed by atoms with Gasteiger partial charge in [-0.1, -0.05) is 48.5 Å². The van der Waals surface area contributed by atoms with Crippen molar-refractivity contribution in [2.24, 2.45) is 0 Å². The van der Waals surface area contributed by atoms with Gasteiger partial charge >= 0.3 is 0 Å². The molecule has 0 aliphatic carbocycles. The summed E-state index contributed by atoms with van der Waals surface area (Å²) in [4.78, 5) is 0. The van der Waals surface area contributed by atoms with E-state index in [0.29, 0.717) is 11.5 Å². The lowest BCUT2D eigenvalue weighted by Gasteiger charge is -2.05. The highest BCUT2D eigenvalue weighted by Crippen LogP contribution is 2.11. The third-order valence-corrected chi connectivity index (χ3v) is 4.38. The van der Waals surface area contributed by atoms with Crippen LogP contribution in [0.25, 0.3) is 0 Å². The van der Waals surface area contributed by atoms with Crippen molar-refractivity contribution < 1.29 is 14.4 Å². The van der Waals surface area contributed by atoms with E-state index in [1.807, 2.05) is 48.5 Å². The number of aliphatic hydroxyl groups excluding tert-OH is 2. The zero-order valence-electron chi connectivity index (χ0n) is 11.2. The Morgan fingerprint density at radius 2 is 0.950 bits per heavy atom. The van der Waals surface area contributed by atoms with E-state index in [2.05, 4.69) is 0 Å². The second-order valence-corrected chi connectivity index (χ2v) is 6.13. The summed E-state index contributed by atoms with van der Waals surface area (Å²) in [6.45, 7) is 0.0567. The first-order valence-corrected chi connectivity index (χ1v) is 7.92. The molecule has 0 heterocycles. The molecule has 2 aromatic rings. The summed E-state index contributed by atoms with van der Waals surface area (Å²) >= 11 is 0. The van der Waals surface area contributed by atoms with Gasteiger partial charge in [-0.3, -0.25) is 4.21 Å². The van der Waals surface area contributed by atoms with Gasteiger partial charge in [-0.25, -0.2) is 0 Å². The molecule has 0 bridgehead atoms. The lowest BCUT2D eigenvalue weighted by atomic mass is 10.2. The van der Waals surface area contributed by atoms with E-state index in [9.17, 15) is 4.21 Å². The summed E-state index contributed by atoms with van der Waals surface area (Å²) in [7, 11) is -0.964. The fourth-order valence-electron chi connectivity index (χ4n) is 1.90. The van der Waals surface area contributed by atoms with Crippen molar-refractivity contribution in [3.63, 3.8) is 0 Å². The molecule has 0 spiro atoms. The van der Waals surface area contributed by atoms with Gasteiger partial charge in [-0.05, 0) is 22.3 Å². The Balaban J connectivity index is 1.93. The first-order valence-electron chi connectivity index (χ1n) is 6.43. The highest BCUT2D eigenvalue weighted by molar-refractivity contribution is 7.83. The summed E-state index contributed by atoms with van der Waals surface area (Å²) < 4.78 is 12.1. The van der Waals surface area contributed by atoms with Crippen LogP contribution in [0, 0.1) is 0 Å². The van der Waals surface area contributed by atoms with Gasteiger partial charge in [-0.2, -0.15) is 0 Å². The highest BCUT2D eigenvalue weighted by atomic mass is 32.2. The standard InChI is InChI=1S/C16H18O3S/c17-9-13-1-5-15(6-2-13)11-20(19)12-16-7-3-14(10-18)4-8-16/h1-8,17-18H,9-12H2. The summed E-state index contributed by atoms with van der Waals surface area (Å²) in [6, 6.07) is 15.0. The molecule has 0 aliphatic rings. The highest BCUT2D eigenvalue weighted by Gasteiger charge is 2.04. The fraction of sp³-hybridized carbons (Fsp3) is 0.250. The minimum atomic E-state index is -0.964. The van der Waals surface area contributed by atoms with Crippen molar-refractivity contribution in [3.05, 3.63) is 70.8 Å². The van der Waals surface area contributed by atoms with Crippen molar-refractivity contribution >= 4 is 10.8 Å². The van der Waals surface area contributed by atoms with Gasteiger partial charge in [0.05, 0.1) is 13.2 Å². The largest absolute Gasteiger partial charge is 0.392 e. The van der Waals surface area contributed by atoms with Crippen LogP contribution in [0.5, 0.6) is 0 Å². The molecule has 0 fully saturated rings. The van der Waals surface area contributed by atoms with E-state index in [4.69, 9.17) is 10.2 Å². The van der Waals surface area contributed by atoms with Crippen LogP contribution in [0.4, 0.5) is 0 Å². The van der Waals surface area contributed by atoms with Crippen LogP contribution in [0.1, 0.15) is 22.3 Å². The number of hydrogen-bond acceptors (Lipinski definition) is 3. The Labute approximate surface area is 121 Å².